The molecule has 1 saturated heterocycles. The fourth-order valence-corrected chi connectivity index (χ4v) is 2.81. The summed E-state index contributed by atoms with van der Waals surface area (Å²) in [6, 6.07) is 5.24. The summed E-state index contributed by atoms with van der Waals surface area (Å²) < 4.78 is 0. The van der Waals surface area contributed by atoms with E-state index in [9.17, 15) is 19.2 Å². The van der Waals surface area contributed by atoms with Crippen molar-refractivity contribution >= 4 is 29.4 Å². The molecule has 0 aromatic heterocycles. The minimum atomic E-state index is -0.748. The van der Waals surface area contributed by atoms with Gasteiger partial charge in [-0.15, -0.1) is 0 Å². The average Bonchev–Trinajstić information content (AvgIpc) is 2.84. The van der Waals surface area contributed by atoms with Gasteiger partial charge in [0.2, 0.25) is 11.8 Å². The molecule has 0 saturated carbocycles. The normalized spacial score (nSPS) is 17.9. The van der Waals surface area contributed by atoms with Gasteiger partial charge in [0, 0.05) is 12.2 Å². The number of nitrogens with zero attached hydrogens (tertiary/aromatic N) is 2. The third-order valence-electron chi connectivity index (χ3n) is 4.38. The van der Waals surface area contributed by atoms with Gasteiger partial charge in [-0.1, -0.05) is 24.6 Å². The minimum Gasteiger partial charge on any atom is -0.354 e. The lowest BCUT2D eigenvalue weighted by molar-refractivity contribution is -0.133. The number of aryl methyl sites for hydroxylation is 1. The van der Waals surface area contributed by atoms with E-state index in [1.54, 1.807) is 26.0 Å². The molecular formula is C19H26N4O4. The molecule has 0 unspecified atom stereocenters. The van der Waals surface area contributed by atoms with Crippen molar-refractivity contribution in [2.45, 2.75) is 46.2 Å². The average molecular weight is 374 g/mol. The van der Waals surface area contributed by atoms with E-state index in [1.807, 2.05) is 26.0 Å². The van der Waals surface area contributed by atoms with Gasteiger partial charge >= 0.3 is 6.03 Å². The topological polar surface area (TPSA) is 98.8 Å². The second-order valence-electron chi connectivity index (χ2n) is 6.67. The monoisotopic (exact) mass is 374 g/mol. The van der Waals surface area contributed by atoms with Crippen LogP contribution in [0, 0.1) is 6.92 Å². The number of carbonyl (C=O) groups excluding carboxylic acids is 4. The Morgan fingerprint density at radius 3 is 2.41 bits per heavy atom. The highest BCUT2D eigenvalue weighted by molar-refractivity contribution is 6.15. The molecule has 1 aromatic carbocycles. The number of urea groups is 1. The third kappa shape index (κ3) is 4.64. The molecule has 5 amide bonds. The molecule has 8 heteroatoms. The van der Waals surface area contributed by atoms with Crippen molar-refractivity contribution in [2.24, 2.45) is 0 Å². The largest absolute Gasteiger partial charge is 0.354 e. The number of rotatable bonds is 7. The van der Waals surface area contributed by atoms with Gasteiger partial charge in [-0.2, -0.15) is 0 Å². The van der Waals surface area contributed by atoms with Crippen LogP contribution in [0.3, 0.4) is 0 Å². The number of nitrogens with one attached hydrogen (secondary N) is 2. The van der Waals surface area contributed by atoms with Crippen molar-refractivity contribution in [3.05, 3.63) is 29.8 Å². The van der Waals surface area contributed by atoms with Gasteiger partial charge in [0.1, 0.15) is 18.6 Å². The molecule has 27 heavy (non-hydrogen) atoms. The smallest absolute Gasteiger partial charge is 0.332 e. The number of hydrogen-bond donors (Lipinski definition) is 2. The molecule has 1 aliphatic heterocycles. The van der Waals surface area contributed by atoms with E-state index in [1.165, 1.54) is 4.90 Å². The first-order valence-corrected chi connectivity index (χ1v) is 9.04. The Morgan fingerprint density at radius 2 is 1.81 bits per heavy atom. The Labute approximate surface area is 158 Å². The van der Waals surface area contributed by atoms with E-state index < -0.39 is 36.5 Å². The first kappa shape index (κ1) is 20.4. The van der Waals surface area contributed by atoms with Crippen LogP contribution in [0.5, 0.6) is 0 Å². The van der Waals surface area contributed by atoms with E-state index in [0.717, 1.165) is 16.9 Å². The van der Waals surface area contributed by atoms with Crippen LogP contribution in [-0.2, 0) is 14.4 Å². The summed E-state index contributed by atoms with van der Waals surface area (Å²) in [4.78, 5) is 51.5. The van der Waals surface area contributed by atoms with Crippen molar-refractivity contribution in [3.8, 4) is 0 Å². The number of benzene rings is 1. The molecule has 0 spiro atoms. The van der Waals surface area contributed by atoms with Crippen molar-refractivity contribution in [1.29, 1.82) is 0 Å². The maximum absolute atomic E-state index is 12.7. The van der Waals surface area contributed by atoms with Crippen LogP contribution in [0.1, 0.15) is 32.8 Å². The Hall–Kier alpha value is -2.90. The molecule has 0 radical (unpaired) electrons. The second kappa shape index (κ2) is 8.66. The summed E-state index contributed by atoms with van der Waals surface area (Å²) in [6.45, 7) is 7.13. The van der Waals surface area contributed by atoms with E-state index in [2.05, 4.69) is 10.6 Å². The molecular weight excluding hydrogens is 348 g/mol. The van der Waals surface area contributed by atoms with Crippen LogP contribution >= 0.6 is 0 Å². The van der Waals surface area contributed by atoms with Gasteiger partial charge in [-0.05, 0) is 39.3 Å². The zero-order valence-corrected chi connectivity index (χ0v) is 16.1. The van der Waals surface area contributed by atoms with Gasteiger partial charge in [0.25, 0.3) is 5.91 Å². The lowest BCUT2D eigenvalue weighted by Gasteiger charge is -2.20. The van der Waals surface area contributed by atoms with E-state index in [0.29, 0.717) is 12.2 Å². The van der Waals surface area contributed by atoms with Gasteiger partial charge in [0.05, 0.1) is 0 Å². The Bertz CT molecular complexity index is 732. The zero-order valence-electron chi connectivity index (χ0n) is 16.1. The fourth-order valence-electron chi connectivity index (χ4n) is 2.81. The molecule has 1 aromatic rings. The van der Waals surface area contributed by atoms with Crippen LogP contribution in [0.15, 0.2) is 24.3 Å². The maximum atomic E-state index is 12.7. The Balaban J connectivity index is 2.03. The van der Waals surface area contributed by atoms with Crippen molar-refractivity contribution in [1.82, 2.24) is 15.5 Å². The fraction of sp³-hybridized carbons (Fsp3) is 0.474. The van der Waals surface area contributed by atoms with Crippen molar-refractivity contribution in [2.75, 3.05) is 18.0 Å². The van der Waals surface area contributed by atoms with Crippen LogP contribution in [0.2, 0.25) is 0 Å². The van der Waals surface area contributed by atoms with E-state index in [4.69, 9.17) is 0 Å². The van der Waals surface area contributed by atoms with E-state index >= 15 is 0 Å². The van der Waals surface area contributed by atoms with Gasteiger partial charge in [-0.3, -0.25) is 24.2 Å². The van der Waals surface area contributed by atoms with Crippen LogP contribution in [-0.4, -0.2) is 53.8 Å². The summed E-state index contributed by atoms with van der Waals surface area (Å²) in [6.07, 6.45) is 0.788. The number of amides is 5. The molecule has 2 N–H and O–H groups in total. The zero-order chi connectivity index (χ0) is 20.1. The van der Waals surface area contributed by atoms with Crippen LogP contribution < -0.4 is 15.5 Å². The number of anilines is 1. The SMILES string of the molecule is CCCNC(=O)[C@@H](C)NC(=O)CN1C(=O)[C@@H](C)N(c2ccc(C)cc2)C1=O. The molecule has 146 valence electrons. The molecule has 2 rings (SSSR count). The first-order chi connectivity index (χ1) is 12.8. The van der Waals surface area contributed by atoms with Crippen molar-refractivity contribution in [3.63, 3.8) is 0 Å². The highest BCUT2D eigenvalue weighted by atomic mass is 16.2. The summed E-state index contributed by atoms with van der Waals surface area (Å²) in [7, 11) is 0. The van der Waals surface area contributed by atoms with Crippen LogP contribution in [0.25, 0.3) is 0 Å². The molecule has 1 fully saturated rings. The molecule has 1 heterocycles. The molecule has 0 aliphatic carbocycles. The lowest BCUT2D eigenvalue weighted by atomic mass is 10.2. The quantitative estimate of drug-likeness (QED) is 0.700. The number of hydrogen-bond acceptors (Lipinski definition) is 4. The summed E-state index contributed by atoms with van der Waals surface area (Å²) >= 11 is 0. The highest BCUT2D eigenvalue weighted by Crippen LogP contribution is 2.25. The standard InChI is InChI=1S/C19H26N4O4/c1-5-10-20-17(25)13(3)21-16(24)11-22-18(26)14(4)23(19(22)27)15-8-6-12(2)7-9-15/h6-9,13-14H,5,10-11H2,1-4H3,(H,20,25)(H,21,24)/t13-,14-/m1/s1. The molecule has 0 bridgehead atoms. The summed E-state index contributed by atoms with van der Waals surface area (Å²) in [5, 5.41) is 5.20. The maximum Gasteiger partial charge on any atom is 0.332 e. The van der Waals surface area contributed by atoms with E-state index in [-0.39, 0.29) is 5.91 Å². The highest BCUT2D eigenvalue weighted by Gasteiger charge is 2.44. The predicted octanol–water partition coefficient (Wildman–Crippen LogP) is 1.18. The van der Waals surface area contributed by atoms with Gasteiger partial charge in [-0.25, -0.2) is 4.79 Å². The lowest BCUT2D eigenvalue weighted by Crippen LogP contribution is -2.49. The summed E-state index contributed by atoms with van der Waals surface area (Å²) in [5.41, 5.74) is 1.64. The predicted molar refractivity (Wildman–Crippen MR) is 101 cm³/mol. The number of carbonyl (C=O) groups is 4. The minimum absolute atomic E-state index is 0.307. The van der Waals surface area contributed by atoms with Gasteiger partial charge in [0.15, 0.2) is 0 Å². The van der Waals surface area contributed by atoms with Gasteiger partial charge < -0.3 is 10.6 Å². The molecule has 2 atom stereocenters. The number of imide groups is 1. The summed E-state index contributed by atoms with van der Waals surface area (Å²) in [5.74, 6) is -1.31. The second-order valence-corrected chi connectivity index (χ2v) is 6.67. The van der Waals surface area contributed by atoms with Crippen molar-refractivity contribution < 1.29 is 19.2 Å². The first-order valence-electron chi connectivity index (χ1n) is 9.04. The Morgan fingerprint density at radius 1 is 1.19 bits per heavy atom. The third-order valence-corrected chi connectivity index (χ3v) is 4.38. The molecule has 1 aliphatic rings. The van der Waals surface area contributed by atoms with Crippen LogP contribution in [0.4, 0.5) is 10.5 Å². The Kier molecular flexibility index (Phi) is 6.55. The molecule has 8 nitrogen and oxygen atoms in total.